The summed E-state index contributed by atoms with van der Waals surface area (Å²) >= 11 is 0. The smallest absolute Gasteiger partial charge is 0.378 e. The monoisotopic (exact) mass is 449 g/mol. The minimum Gasteiger partial charge on any atom is -0.378 e. The third-order valence-electron chi connectivity index (χ3n) is 5.00. The first-order valence-electron chi connectivity index (χ1n) is 9.29. The molecule has 0 heterocycles. The Morgan fingerprint density at radius 3 is 1.20 bits per heavy atom. The van der Waals surface area contributed by atoms with Crippen molar-refractivity contribution in [1.29, 1.82) is 0 Å². The fourth-order valence-electron chi connectivity index (χ4n) is 3.34. The van der Waals surface area contributed by atoms with E-state index < -0.39 is 10.1 Å². The molecule has 3 aromatic rings. The van der Waals surface area contributed by atoms with Crippen LogP contribution in [0.1, 0.15) is 22.6 Å². The topological polar surface area (TPSA) is 60.9 Å². The van der Waals surface area contributed by atoms with Crippen molar-refractivity contribution in [2.24, 2.45) is 0 Å². The van der Waals surface area contributed by atoms with Gasteiger partial charge in [-0.15, -0.1) is 0 Å². The Morgan fingerprint density at radius 2 is 0.933 bits per heavy atom. The van der Waals surface area contributed by atoms with Gasteiger partial charge in [0.05, 0.1) is 4.90 Å². The number of hydrogen-bond acceptors (Lipinski definition) is 4. The molecule has 0 bridgehead atoms. The molecule has 0 fully saturated rings. The van der Waals surface area contributed by atoms with Crippen molar-refractivity contribution in [2.45, 2.75) is 10.8 Å². The maximum atomic E-state index is 11.4. The zero-order valence-electron chi connectivity index (χ0n) is 18.1. The first-order chi connectivity index (χ1) is 13.7. The van der Waals surface area contributed by atoms with E-state index in [0.29, 0.717) is 0 Å². The van der Waals surface area contributed by atoms with Crippen molar-refractivity contribution in [3.8, 4) is 0 Å². The second-order valence-electron chi connectivity index (χ2n) is 7.45. The van der Waals surface area contributed by atoms with Crippen molar-refractivity contribution >= 4 is 21.5 Å². The van der Waals surface area contributed by atoms with E-state index in [0.717, 1.165) is 28.1 Å². The van der Waals surface area contributed by atoms with E-state index in [1.807, 2.05) is 38.0 Å². The SMILES string of the molecule is CN(C)c1ccc(C(c2ccc(N(C)C)cc2)c2ccc(S(=O)(=O)O)cc2)cc1.[K+]. The second-order valence-corrected chi connectivity index (χ2v) is 8.87. The predicted octanol–water partition coefficient (Wildman–Crippen LogP) is 1.25. The molecule has 0 saturated heterocycles. The van der Waals surface area contributed by atoms with Crippen LogP contribution in [0.5, 0.6) is 0 Å². The quantitative estimate of drug-likeness (QED) is 0.349. The Kier molecular flexibility index (Phi) is 8.70. The molecule has 0 aliphatic rings. The molecule has 0 atom stereocenters. The molecule has 7 heteroatoms. The van der Waals surface area contributed by atoms with Gasteiger partial charge in [-0.3, -0.25) is 4.55 Å². The zero-order chi connectivity index (χ0) is 21.2. The third kappa shape index (κ3) is 5.94. The fraction of sp³-hybridized carbons (Fsp3) is 0.217. The Hall–Kier alpha value is -1.19. The van der Waals surface area contributed by atoms with E-state index in [2.05, 4.69) is 48.5 Å². The Labute approximate surface area is 221 Å². The maximum absolute atomic E-state index is 11.4. The summed E-state index contributed by atoms with van der Waals surface area (Å²) in [5.41, 5.74) is 5.38. The van der Waals surface area contributed by atoms with E-state index in [4.69, 9.17) is 0 Å². The summed E-state index contributed by atoms with van der Waals surface area (Å²) in [5.74, 6) is -0.0575. The van der Waals surface area contributed by atoms with Crippen molar-refractivity contribution in [3.05, 3.63) is 89.5 Å². The number of nitrogens with zero attached hydrogens (tertiary/aromatic N) is 2. The molecule has 3 rings (SSSR count). The summed E-state index contributed by atoms with van der Waals surface area (Å²) in [6.07, 6.45) is 0. The van der Waals surface area contributed by atoms with Crippen LogP contribution in [0, 0.1) is 0 Å². The van der Waals surface area contributed by atoms with Crippen LogP contribution in [0.3, 0.4) is 0 Å². The number of anilines is 2. The molecule has 0 aliphatic carbocycles. The van der Waals surface area contributed by atoms with Gasteiger partial charge in [0.2, 0.25) is 0 Å². The van der Waals surface area contributed by atoms with Crippen molar-refractivity contribution in [2.75, 3.05) is 38.0 Å². The van der Waals surface area contributed by atoms with Crippen LogP contribution in [0.4, 0.5) is 11.4 Å². The second kappa shape index (κ2) is 10.4. The van der Waals surface area contributed by atoms with Gasteiger partial charge in [-0.05, 0) is 53.1 Å². The van der Waals surface area contributed by atoms with E-state index in [1.54, 1.807) is 12.1 Å². The minimum absolute atomic E-state index is 0. The van der Waals surface area contributed by atoms with Gasteiger partial charge >= 0.3 is 51.4 Å². The molecule has 0 radical (unpaired) electrons. The molecule has 152 valence electrons. The van der Waals surface area contributed by atoms with Crippen LogP contribution >= 0.6 is 0 Å². The number of benzene rings is 3. The average molecular weight is 450 g/mol. The van der Waals surface area contributed by atoms with E-state index >= 15 is 0 Å². The van der Waals surface area contributed by atoms with Crippen molar-refractivity contribution < 1.29 is 64.4 Å². The number of rotatable bonds is 6. The van der Waals surface area contributed by atoms with Gasteiger partial charge in [-0.1, -0.05) is 36.4 Å². The van der Waals surface area contributed by atoms with Crippen LogP contribution < -0.4 is 61.2 Å². The summed E-state index contributed by atoms with van der Waals surface area (Å²) in [7, 11) is 3.79. The van der Waals surface area contributed by atoms with E-state index in [-0.39, 0.29) is 62.2 Å². The molecule has 0 spiro atoms. The molecule has 30 heavy (non-hydrogen) atoms. The van der Waals surface area contributed by atoms with Gasteiger partial charge in [0, 0.05) is 45.5 Å². The molecule has 0 aromatic heterocycles. The summed E-state index contributed by atoms with van der Waals surface area (Å²) in [6.45, 7) is 0. The molecule has 0 aliphatic heterocycles. The molecule has 0 saturated carbocycles. The van der Waals surface area contributed by atoms with Crippen molar-refractivity contribution in [1.82, 2.24) is 0 Å². The van der Waals surface area contributed by atoms with Gasteiger partial charge in [0.25, 0.3) is 10.1 Å². The number of hydrogen-bond donors (Lipinski definition) is 1. The van der Waals surface area contributed by atoms with Crippen molar-refractivity contribution in [3.63, 3.8) is 0 Å². The van der Waals surface area contributed by atoms with Gasteiger partial charge in [-0.2, -0.15) is 8.42 Å². The van der Waals surface area contributed by atoms with Crippen LogP contribution in [0.25, 0.3) is 0 Å². The van der Waals surface area contributed by atoms with Crippen LogP contribution in [0.15, 0.2) is 77.7 Å². The molecule has 5 nitrogen and oxygen atoms in total. The molecule has 0 unspecified atom stereocenters. The first-order valence-corrected chi connectivity index (χ1v) is 10.7. The predicted molar refractivity (Wildman–Crippen MR) is 119 cm³/mol. The molecule has 1 N–H and O–H groups in total. The maximum Gasteiger partial charge on any atom is 1.00 e. The van der Waals surface area contributed by atoms with Gasteiger partial charge in [0.1, 0.15) is 0 Å². The molecular weight excluding hydrogens is 423 g/mol. The van der Waals surface area contributed by atoms with Crippen LogP contribution in [0.2, 0.25) is 0 Å². The largest absolute Gasteiger partial charge is 1.00 e. The van der Waals surface area contributed by atoms with Crippen LogP contribution in [-0.2, 0) is 10.1 Å². The normalized spacial score (nSPS) is 11.1. The van der Waals surface area contributed by atoms with Crippen LogP contribution in [-0.4, -0.2) is 41.2 Å². The Balaban J connectivity index is 0.00000320. The standard InChI is InChI=1S/C23H26N2O3S.K/c1-24(2)20-11-5-17(6-12-20)23(18-7-13-21(14-8-18)25(3)4)19-9-15-22(16-10-19)29(26,27)28;/h5-16,23H,1-4H3,(H,26,27,28);/q;+1. The van der Waals surface area contributed by atoms with E-state index in [1.165, 1.54) is 12.1 Å². The zero-order valence-corrected chi connectivity index (χ0v) is 22.0. The average Bonchev–Trinajstić information content (AvgIpc) is 2.69. The first kappa shape index (κ1) is 25.1. The molecular formula is C23H26KN2O3S+. The summed E-state index contributed by atoms with van der Waals surface area (Å²) in [6, 6.07) is 23.1. The van der Waals surface area contributed by atoms with Gasteiger partial charge in [-0.25, -0.2) is 0 Å². The van der Waals surface area contributed by atoms with Gasteiger partial charge < -0.3 is 9.80 Å². The molecule has 0 amide bonds. The fourth-order valence-corrected chi connectivity index (χ4v) is 3.82. The van der Waals surface area contributed by atoms with E-state index in [9.17, 15) is 13.0 Å². The van der Waals surface area contributed by atoms with Gasteiger partial charge in [0.15, 0.2) is 0 Å². The summed E-state index contributed by atoms with van der Waals surface area (Å²) < 4.78 is 32.1. The Morgan fingerprint density at radius 1 is 0.633 bits per heavy atom. The third-order valence-corrected chi connectivity index (χ3v) is 5.86. The summed E-state index contributed by atoms with van der Waals surface area (Å²) in [4.78, 5) is 3.99. The molecule has 3 aromatic carbocycles. The summed E-state index contributed by atoms with van der Waals surface area (Å²) in [5, 5.41) is 0. The minimum atomic E-state index is -4.22. The Bertz CT molecular complexity index is 1010.